The summed E-state index contributed by atoms with van der Waals surface area (Å²) in [4.78, 5) is 12.5. The van der Waals surface area contributed by atoms with Crippen LogP contribution in [0.4, 0.5) is 22.7 Å². The molecular weight excluding hydrogens is 582 g/mol. The number of nitrogens with two attached hydrogens (primary N) is 1. The number of Topliss-reactive ketones (excluding diaryl/α,β-unsaturated/α-hetero) is 1. The third kappa shape index (κ3) is 7.34. The first-order valence-corrected chi connectivity index (χ1v) is 14.2. The zero-order chi connectivity index (χ0) is 31.1. The molecule has 15 heteroatoms. The SMILES string of the molecule is COc1cc(/N=N/c2ccc(OCCO)cc2OCCO)c(C)cc1N/N=C1\C(=O)c2ccc(N)cc2C=C1S(=O)(=O)O. The summed E-state index contributed by atoms with van der Waals surface area (Å²) in [5, 5.41) is 30.7. The number of carbonyl (C=O) groups excluding carboxylic acids is 1. The van der Waals surface area contributed by atoms with Gasteiger partial charge in [-0.3, -0.25) is 14.8 Å². The number of hydrazone groups is 1. The summed E-state index contributed by atoms with van der Waals surface area (Å²) < 4.78 is 50.4. The van der Waals surface area contributed by atoms with E-state index in [0.717, 1.165) is 6.08 Å². The molecule has 6 N–H and O–H groups in total. The number of ether oxygens (including phenoxy) is 3. The Morgan fingerprint density at radius 3 is 2.35 bits per heavy atom. The minimum atomic E-state index is -4.82. The van der Waals surface area contributed by atoms with Crippen molar-refractivity contribution in [2.45, 2.75) is 6.92 Å². The van der Waals surface area contributed by atoms with Crippen molar-refractivity contribution in [3.8, 4) is 17.2 Å². The highest BCUT2D eigenvalue weighted by Crippen LogP contribution is 2.37. The van der Waals surface area contributed by atoms with Gasteiger partial charge >= 0.3 is 0 Å². The van der Waals surface area contributed by atoms with Crippen molar-refractivity contribution < 1.29 is 42.2 Å². The van der Waals surface area contributed by atoms with Crippen LogP contribution in [0.25, 0.3) is 6.08 Å². The van der Waals surface area contributed by atoms with E-state index in [4.69, 9.17) is 30.2 Å². The van der Waals surface area contributed by atoms with Gasteiger partial charge in [0.1, 0.15) is 35.3 Å². The molecular formula is C28H29N5O9S. The highest BCUT2D eigenvalue weighted by atomic mass is 32.2. The van der Waals surface area contributed by atoms with Crippen molar-refractivity contribution >= 4 is 50.4 Å². The number of carbonyl (C=O) groups is 1. The number of azo groups is 1. The van der Waals surface area contributed by atoms with Gasteiger partial charge in [-0.15, -0.1) is 5.11 Å². The summed E-state index contributed by atoms with van der Waals surface area (Å²) >= 11 is 0. The number of hydrogen-bond acceptors (Lipinski definition) is 13. The maximum atomic E-state index is 13.1. The van der Waals surface area contributed by atoms with Crippen molar-refractivity contribution in [2.75, 3.05) is 44.7 Å². The van der Waals surface area contributed by atoms with Crippen molar-refractivity contribution in [3.05, 3.63) is 70.1 Å². The van der Waals surface area contributed by atoms with Crippen LogP contribution in [0.3, 0.4) is 0 Å². The van der Waals surface area contributed by atoms with Gasteiger partial charge in [-0.2, -0.15) is 18.6 Å². The minimum absolute atomic E-state index is 0.0122. The molecule has 14 nitrogen and oxygen atoms in total. The molecule has 0 atom stereocenters. The summed E-state index contributed by atoms with van der Waals surface area (Å²) in [7, 11) is -3.43. The second-order valence-electron chi connectivity index (χ2n) is 9.04. The average Bonchev–Trinajstić information content (AvgIpc) is 2.97. The van der Waals surface area contributed by atoms with E-state index in [1.165, 1.54) is 25.3 Å². The van der Waals surface area contributed by atoms with Gasteiger partial charge in [-0.1, -0.05) is 0 Å². The Morgan fingerprint density at radius 2 is 1.65 bits per heavy atom. The van der Waals surface area contributed by atoms with Crippen LogP contribution >= 0.6 is 0 Å². The van der Waals surface area contributed by atoms with Gasteiger partial charge in [-0.25, -0.2) is 0 Å². The average molecular weight is 612 g/mol. The van der Waals surface area contributed by atoms with E-state index in [1.807, 2.05) is 0 Å². The quantitative estimate of drug-likeness (QED) is 0.0862. The lowest BCUT2D eigenvalue weighted by Gasteiger charge is -2.17. The fourth-order valence-electron chi connectivity index (χ4n) is 4.03. The minimum Gasteiger partial charge on any atom is -0.494 e. The van der Waals surface area contributed by atoms with Gasteiger partial charge in [0.2, 0.25) is 5.78 Å². The number of benzene rings is 3. The summed E-state index contributed by atoms with van der Waals surface area (Å²) in [6, 6.07) is 12.3. The second-order valence-corrected chi connectivity index (χ2v) is 10.4. The van der Waals surface area contributed by atoms with E-state index >= 15 is 0 Å². The Morgan fingerprint density at radius 1 is 0.930 bits per heavy atom. The number of hydrogen-bond donors (Lipinski definition) is 5. The summed E-state index contributed by atoms with van der Waals surface area (Å²) in [5.74, 6) is 0.246. The molecule has 0 bridgehead atoms. The number of aryl methyl sites for hydroxylation is 1. The van der Waals surface area contributed by atoms with Crippen LogP contribution in [0.1, 0.15) is 21.5 Å². The first-order chi connectivity index (χ1) is 20.5. The molecule has 0 saturated carbocycles. The number of nitrogen functional groups attached to an aromatic ring is 1. The molecule has 0 radical (unpaired) electrons. The van der Waals surface area contributed by atoms with Crippen LogP contribution in [0.5, 0.6) is 17.2 Å². The Hall–Kier alpha value is -4.83. The largest absolute Gasteiger partial charge is 0.494 e. The molecule has 0 unspecified atom stereocenters. The highest BCUT2D eigenvalue weighted by Gasteiger charge is 2.33. The van der Waals surface area contributed by atoms with Gasteiger partial charge in [0.25, 0.3) is 10.1 Å². The van der Waals surface area contributed by atoms with Crippen LogP contribution in [-0.4, -0.2) is 68.2 Å². The molecule has 43 heavy (non-hydrogen) atoms. The maximum absolute atomic E-state index is 13.1. The zero-order valence-electron chi connectivity index (χ0n) is 23.1. The molecule has 0 saturated heterocycles. The molecule has 0 aliphatic heterocycles. The van der Waals surface area contributed by atoms with Crippen LogP contribution in [-0.2, 0) is 10.1 Å². The predicted molar refractivity (Wildman–Crippen MR) is 159 cm³/mol. The molecule has 4 rings (SSSR count). The summed E-state index contributed by atoms with van der Waals surface area (Å²) in [6.07, 6.45) is 1.12. The molecule has 3 aromatic carbocycles. The third-order valence-corrected chi connectivity index (χ3v) is 6.91. The number of nitrogens with zero attached hydrogens (tertiary/aromatic N) is 3. The molecule has 1 aliphatic rings. The van der Waals surface area contributed by atoms with Crippen molar-refractivity contribution in [1.82, 2.24) is 0 Å². The highest BCUT2D eigenvalue weighted by molar-refractivity contribution is 7.91. The summed E-state index contributed by atoms with van der Waals surface area (Å²) in [5.41, 5.74) is 10.2. The van der Waals surface area contributed by atoms with Crippen LogP contribution in [0, 0.1) is 6.92 Å². The number of nitrogens with one attached hydrogen (secondary N) is 1. The second kappa shape index (κ2) is 13.4. The van der Waals surface area contributed by atoms with E-state index in [9.17, 15) is 17.8 Å². The van der Waals surface area contributed by atoms with Crippen molar-refractivity contribution in [1.29, 1.82) is 0 Å². The van der Waals surface area contributed by atoms with Gasteiger partial charge in [0.15, 0.2) is 11.5 Å². The fourth-order valence-corrected chi connectivity index (χ4v) is 4.68. The number of fused-ring (bicyclic) bond motifs is 1. The number of rotatable bonds is 12. The maximum Gasteiger partial charge on any atom is 0.296 e. The number of allylic oxidation sites excluding steroid dienone is 1. The molecule has 0 spiro atoms. The zero-order valence-corrected chi connectivity index (χ0v) is 24.0. The van der Waals surface area contributed by atoms with E-state index < -0.39 is 26.5 Å². The van der Waals surface area contributed by atoms with Crippen LogP contribution < -0.4 is 25.4 Å². The molecule has 0 fully saturated rings. The van der Waals surface area contributed by atoms with Gasteiger partial charge < -0.3 is 30.2 Å². The van der Waals surface area contributed by atoms with Gasteiger partial charge in [0, 0.05) is 23.4 Å². The molecule has 0 heterocycles. The Labute approximate surface area is 246 Å². The smallest absolute Gasteiger partial charge is 0.296 e. The standard InChI is InChI=1S/C28H29N5O9S/c1-16-11-23(32-33-27-26(43(37,38)39)13-17-12-18(29)3-5-20(17)28(27)36)24(40-2)15-22(16)31-30-21-6-4-19(41-9-7-34)14-25(21)42-10-8-35/h3-6,11-15,32,34-35H,7-10,29H2,1-2H3,(H,37,38,39)/b31-30+,33-27-. The Kier molecular flexibility index (Phi) is 9.72. The summed E-state index contributed by atoms with van der Waals surface area (Å²) in [6.45, 7) is 1.46. The number of aliphatic hydroxyl groups is 2. The number of aliphatic hydroxyl groups excluding tert-OH is 2. The van der Waals surface area contributed by atoms with Gasteiger partial charge in [-0.05, 0) is 60.5 Å². The molecule has 226 valence electrons. The normalized spacial score (nSPS) is 14.0. The molecule has 1 aliphatic carbocycles. The van der Waals surface area contributed by atoms with E-state index in [-0.39, 0.29) is 49.0 Å². The van der Waals surface area contributed by atoms with E-state index in [0.29, 0.717) is 34.1 Å². The topological polar surface area (TPSA) is 215 Å². The first kappa shape index (κ1) is 31.1. The van der Waals surface area contributed by atoms with Gasteiger partial charge in [0.05, 0.1) is 31.7 Å². The van der Waals surface area contributed by atoms with Crippen LogP contribution in [0.15, 0.2) is 68.8 Å². The van der Waals surface area contributed by atoms with Crippen LogP contribution in [0.2, 0.25) is 0 Å². The lowest BCUT2D eigenvalue weighted by Crippen LogP contribution is -2.27. The lowest BCUT2D eigenvalue weighted by molar-refractivity contribution is 0.106. The Balaban J connectivity index is 1.65. The lowest BCUT2D eigenvalue weighted by atomic mass is 9.94. The number of ketones is 1. The molecule has 3 aromatic rings. The Bertz CT molecular complexity index is 1740. The third-order valence-electron chi connectivity index (χ3n) is 6.05. The number of methoxy groups -OCH3 is 1. The van der Waals surface area contributed by atoms with E-state index in [2.05, 4.69) is 20.8 Å². The fraction of sp³-hybridized carbons (Fsp3) is 0.214. The van der Waals surface area contributed by atoms with Crippen molar-refractivity contribution in [3.63, 3.8) is 0 Å². The first-order valence-electron chi connectivity index (χ1n) is 12.7. The monoisotopic (exact) mass is 611 g/mol. The predicted octanol–water partition coefficient (Wildman–Crippen LogP) is 3.64. The van der Waals surface area contributed by atoms with Crippen molar-refractivity contribution in [2.24, 2.45) is 15.3 Å². The van der Waals surface area contributed by atoms with E-state index in [1.54, 1.807) is 37.3 Å². The molecule has 0 aromatic heterocycles. The number of anilines is 2. The molecule has 0 amide bonds.